The molecule has 188 valence electrons. The predicted molar refractivity (Wildman–Crippen MR) is 133 cm³/mol. The summed E-state index contributed by atoms with van der Waals surface area (Å²) in [5.74, 6) is 1.13. The first-order chi connectivity index (χ1) is 17.5. The maximum absolute atomic E-state index is 14.4. The van der Waals surface area contributed by atoms with Crippen LogP contribution in [-0.4, -0.2) is 78.7 Å². The van der Waals surface area contributed by atoms with Crippen molar-refractivity contribution in [2.45, 2.75) is 26.0 Å². The van der Waals surface area contributed by atoms with E-state index in [1.165, 1.54) is 10.6 Å². The third-order valence-corrected chi connectivity index (χ3v) is 6.82. The van der Waals surface area contributed by atoms with Crippen molar-refractivity contribution in [1.29, 1.82) is 0 Å². The number of nitrogens with zero attached hydrogens (tertiary/aromatic N) is 8. The normalized spacial score (nSPS) is 17.6. The van der Waals surface area contributed by atoms with Crippen molar-refractivity contribution < 1.29 is 14.2 Å². The van der Waals surface area contributed by atoms with Gasteiger partial charge in [-0.1, -0.05) is 6.07 Å². The molecule has 3 aromatic heterocycles. The Kier molecular flexibility index (Phi) is 5.69. The lowest BCUT2D eigenvalue weighted by atomic mass is 10.1. The van der Waals surface area contributed by atoms with Crippen LogP contribution in [0.25, 0.3) is 22.4 Å². The number of fused-ring (bicyclic) bond motifs is 3. The van der Waals surface area contributed by atoms with Crippen molar-refractivity contribution in [3.05, 3.63) is 47.7 Å². The van der Waals surface area contributed by atoms with E-state index in [0.717, 1.165) is 31.4 Å². The summed E-state index contributed by atoms with van der Waals surface area (Å²) in [4.78, 5) is 13.5. The summed E-state index contributed by atoms with van der Waals surface area (Å²) in [5, 5.41) is 19.6. The number of ether oxygens (including phenoxy) is 1. The van der Waals surface area contributed by atoms with Crippen LogP contribution in [-0.2, 0) is 11.3 Å². The van der Waals surface area contributed by atoms with Crippen LogP contribution in [0.5, 0.6) is 0 Å². The molecule has 1 atom stereocenters. The number of hydrogen-bond donors (Lipinski definition) is 2. The number of nitrogen functional groups attached to an aromatic ring is 1. The molecule has 1 aromatic carbocycles. The van der Waals surface area contributed by atoms with Gasteiger partial charge >= 0.3 is 0 Å². The summed E-state index contributed by atoms with van der Waals surface area (Å²) in [6, 6.07) is 4.80. The summed E-state index contributed by atoms with van der Waals surface area (Å²) in [6.07, 6.45) is 3.92. The van der Waals surface area contributed by atoms with Gasteiger partial charge in [-0.25, -0.2) is 14.1 Å². The van der Waals surface area contributed by atoms with Crippen LogP contribution in [0.15, 0.2) is 30.5 Å². The van der Waals surface area contributed by atoms with Gasteiger partial charge in [0.05, 0.1) is 36.5 Å². The lowest BCUT2D eigenvalue weighted by Crippen LogP contribution is -2.47. The van der Waals surface area contributed by atoms with Gasteiger partial charge in [0.1, 0.15) is 5.82 Å². The second kappa shape index (κ2) is 9.03. The molecular weight excluding hydrogens is 465 g/mol. The number of anilines is 2. The van der Waals surface area contributed by atoms with E-state index in [1.54, 1.807) is 25.3 Å². The molecule has 1 saturated heterocycles. The standard InChI is InChI=1S/C24H28FN9O2/c1-15(35)16-4-5-18(25)19(13-16)32-9-6-31(7-10-32)8-11-33-22-17(14-27-33)23-28-21(20-3-2-12-36-20)30-34(23)24(26)29-22/h3-5,13-15,35H,2,6-12H2,1H3,(H2,26,29)/t15-/m1/s1. The van der Waals surface area contributed by atoms with Gasteiger partial charge in [0, 0.05) is 39.1 Å². The average molecular weight is 494 g/mol. The van der Waals surface area contributed by atoms with Gasteiger partial charge in [-0.3, -0.25) is 4.90 Å². The van der Waals surface area contributed by atoms with Crippen molar-refractivity contribution >= 4 is 34.1 Å². The minimum absolute atomic E-state index is 0.242. The van der Waals surface area contributed by atoms with E-state index in [0.29, 0.717) is 60.4 Å². The fourth-order valence-corrected chi connectivity index (χ4v) is 4.78. The largest absolute Gasteiger partial charge is 0.490 e. The van der Waals surface area contributed by atoms with Crippen LogP contribution in [0.4, 0.5) is 16.0 Å². The Balaban J connectivity index is 1.15. The van der Waals surface area contributed by atoms with Crippen LogP contribution in [0.2, 0.25) is 0 Å². The molecule has 6 rings (SSSR count). The fraction of sp³-hybridized carbons (Fsp3) is 0.417. The first-order valence-corrected chi connectivity index (χ1v) is 12.1. The van der Waals surface area contributed by atoms with Gasteiger partial charge in [0.25, 0.3) is 0 Å². The fourth-order valence-electron chi connectivity index (χ4n) is 4.78. The average Bonchev–Trinajstić information content (AvgIpc) is 3.63. The van der Waals surface area contributed by atoms with Crippen molar-refractivity contribution in [2.24, 2.45) is 0 Å². The first-order valence-electron chi connectivity index (χ1n) is 12.1. The molecule has 0 amide bonds. The van der Waals surface area contributed by atoms with Crippen molar-refractivity contribution in [3.63, 3.8) is 0 Å². The van der Waals surface area contributed by atoms with Gasteiger partial charge in [-0.2, -0.15) is 14.6 Å². The number of nitrogens with two attached hydrogens (primary N) is 1. The Bertz CT molecular complexity index is 1450. The Morgan fingerprint density at radius 3 is 2.72 bits per heavy atom. The number of halogens is 1. The number of piperazine rings is 1. The van der Waals surface area contributed by atoms with Gasteiger partial charge in [0.2, 0.25) is 11.8 Å². The van der Waals surface area contributed by atoms with Crippen molar-refractivity contribution in [3.8, 4) is 0 Å². The second-order valence-electron chi connectivity index (χ2n) is 9.17. The van der Waals surface area contributed by atoms with Gasteiger partial charge in [-0.15, -0.1) is 5.10 Å². The molecule has 0 radical (unpaired) electrons. The topological polar surface area (TPSA) is 123 Å². The van der Waals surface area contributed by atoms with E-state index in [2.05, 4.69) is 25.1 Å². The summed E-state index contributed by atoms with van der Waals surface area (Å²) in [6.45, 7) is 6.70. The molecule has 3 N–H and O–H groups in total. The third kappa shape index (κ3) is 4.01. The zero-order valence-corrected chi connectivity index (χ0v) is 20.0. The van der Waals surface area contributed by atoms with Crippen LogP contribution < -0.4 is 10.6 Å². The molecule has 0 unspecified atom stereocenters. The van der Waals surface area contributed by atoms with E-state index in [4.69, 9.17) is 10.5 Å². The number of hydrogen-bond acceptors (Lipinski definition) is 9. The molecule has 4 aromatic rings. The molecule has 2 aliphatic heterocycles. The lowest BCUT2D eigenvalue weighted by molar-refractivity contribution is 0.199. The number of rotatable bonds is 6. The van der Waals surface area contributed by atoms with E-state index < -0.39 is 6.10 Å². The van der Waals surface area contributed by atoms with Crippen LogP contribution in [0.3, 0.4) is 0 Å². The Labute approximate surface area is 206 Å². The van der Waals surface area contributed by atoms with Crippen LogP contribution in [0.1, 0.15) is 30.8 Å². The van der Waals surface area contributed by atoms with Gasteiger partial charge in [0.15, 0.2) is 17.1 Å². The highest BCUT2D eigenvalue weighted by atomic mass is 19.1. The van der Waals surface area contributed by atoms with E-state index in [9.17, 15) is 9.50 Å². The smallest absolute Gasteiger partial charge is 0.225 e. The molecular formula is C24H28FN9O2. The number of benzene rings is 1. The maximum atomic E-state index is 14.4. The first kappa shape index (κ1) is 22.7. The Morgan fingerprint density at radius 2 is 1.97 bits per heavy atom. The molecule has 1 fully saturated rings. The second-order valence-corrected chi connectivity index (χ2v) is 9.17. The van der Waals surface area contributed by atoms with Crippen LogP contribution in [0, 0.1) is 5.82 Å². The van der Waals surface area contributed by atoms with Crippen molar-refractivity contribution in [1.82, 2.24) is 34.3 Å². The summed E-state index contributed by atoms with van der Waals surface area (Å²) >= 11 is 0. The summed E-state index contributed by atoms with van der Waals surface area (Å²) in [5.41, 5.74) is 8.72. The minimum atomic E-state index is -0.629. The molecule has 36 heavy (non-hydrogen) atoms. The van der Waals surface area contributed by atoms with Gasteiger partial charge in [-0.05, 0) is 30.7 Å². The third-order valence-electron chi connectivity index (χ3n) is 6.82. The molecule has 11 nitrogen and oxygen atoms in total. The quantitative estimate of drug-likeness (QED) is 0.414. The molecule has 0 aliphatic carbocycles. The zero-order valence-electron chi connectivity index (χ0n) is 20.0. The zero-order chi connectivity index (χ0) is 24.8. The molecule has 12 heteroatoms. The van der Waals surface area contributed by atoms with Crippen LogP contribution >= 0.6 is 0 Å². The summed E-state index contributed by atoms with van der Waals surface area (Å²) < 4.78 is 23.4. The Morgan fingerprint density at radius 1 is 1.14 bits per heavy atom. The molecule has 0 saturated carbocycles. The number of aliphatic hydroxyl groups excluding tert-OH is 1. The number of aliphatic hydroxyl groups is 1. The van der Waals surface area contributed by atoms with E-state index in [-0.39, 0.29) is 11.8 Å². The highest BCUT2D eigenvalue weighted by Gasteiger charge is 2.22. The molecule has 2 aliphatic rings. The Hall–Kier alpha value is -3.77. The maximum Gasteiger partial charge on any atom is 0.225 e. The number of aromatic nitrogens is 6. The van der Waals surface area contributed by atoms with E-state index >= 15 is 0 Å². The molecule has 5 heterocycles. The molecule has 0 bridgehead atoms. The minimum Gasteiger partial charge on any atom is -0.490 e. The monoisotopic (exact) mass is 493 g/mol. The van der Waals surface area contributed by atoms with E-state index in [1.807, 2.05) is 15.7 Å². The summed E-state index contributed by atoms with van der Waals surface area (Å²) in [7, 11) is 0. The SMILES string of the molecule is C[C@@H](O)c1ccc(F)c(N2CCN(CCn3ncc4c3nc(N)n3nc(C5=CCCO5)nc43)CC2)c1. The lowest BCUT2D eigenvalue weighted by Gasteiger charge is -2.36. The van der Waals surface area contributed by atoms with Crippen molar-refractivity contribution in [2.75, 3.05) is 50.0 Å². The highest BCUT2D eigenvalue weighted by Crippen LogP contribution is 2.26. The molecule has 0 spiro atoms. The van der Waals surface area contributed by atoms with Gasteiger partial charge < -0.3 is 20.5 Å². The highest BCUT2D eigenvalue weighted by molar-refractivity contribution is 5.90. The predicted octanol–water partition coefficient (Wildman–Crippen LogP) is 1.83.